The highest BCUT2D eigenvalue weighted by atomic mass is 16.5. The number of benzene rings is 2. The molecule has 26 heavy (non-hydrogen) atoms. The van der Waals surface area contributed by atoms with Gasteiger partial charge >= 0.3 is 6.03 Å². The molecule has 130 valence electrons. The van der Waals surface area contributed by atoms with Gasteiger partial charge in [-0.05, 0) is 30.2 Å². The normalized spacial score (nSPS) is 15.5. The summed E-state index contributed by atoms with van der Waals surface area (Å²) in [6, 6.07) is 15.0. The van der Waals surface area contributed by atoms with E-state index in [1.165, 1.54) is 5.56 Å². The third-order valence-electron chi connectivity index (χ3n) is 3.47. The van der Waals surface area contributed by atoms with Crippen molar-refractivity contribution in [2.24, 2.45) is 20.4 Å². The Hall–Kier alpha value is -3.61. The van der Waals surface area contributed by atoms with Crippen LogP contribution >= 0.6 is 0 Å². The van der Waals surface area contributed by atoms with E-state index in [-0.39, 0.29) is 11.5 Å². The molecule has 0 fully saturated rings. The first-order valence-electron chi connectivity index (χ1n) is 7.91. The van der Waals surface area contributed by atoms with Crippen LogP contribution in [-0.4, -0.2) is 18.1 Å². The molecule has 1 aliphatic rings. The Bertz CT molecular complexity index is 931. The molecule has 0 saturated carbocycles. The minimum atomic E-state index is -0.599. The topological polar surface area (TPSA) is 87.8 Å². The number of carbonyl (C=O) groups is 1. The third-order valence-corrected chi connectivity index (χ3v) is 3.47. The molecule has 1 heterocycles. The van der Waals surface area contributed by atoms with Crippen molar-refractivity contribution >= 4 is 18.1 Å². The lowest BCUT2D eigenvalue weighted by atomic mass is 10.1. The molecule has 0 aliphatic carbocycles. The molecule has 1 aliphatic heterocycles. The minimum Gasteiger partial charge on any atom is -0.489 e. The zero-order valence-electron chi connectivity index (χ0n) is 14.2. The van der Waals surface area contributed by atoms with Crippen LogP contribution in [0.4, 0.5) is 4.79 Å². The van der Waals surface area contributed by atoms with Crippen molar-refractivity contribution in [3.8, 4) is 5.75 Å². The molecule has 0 spiro atoms. The van der Waals surface area contributed by atoms with Crippen LogP contribution in [0.25, 0.3) is 0 Å². The number of hydrogen-bond acceptors (Lipinski definition) is 5. The van der Waals surface area contributed by atoms with Crippen LogP contribution in [0.1, 0.15) is 16.7 Å². The van der Waals surface area contributed by atoms with Crippen molar-refractivity contribution in [3.05, 3.63) is 77.5 Å². The van der Waals surface area contributed by atoms with Crippen LogP contribution < -0.4 is 10.1 Å². The maximum absolute atomic E-state index is 11.1. The van der Waals surface area contributed by atoms with E-state index in [9.17, 15) is 4.79 Å². The number of ether oxygens (including phenoxy) is 1. The van der Waals surface area contributed by atoms with Gasteiger partial charge in [0.15, 0.2) is 5.84 Å². The van der Waals surface area contributed by atoms with Crippen molar-refractivity contribution in [3.63, 3.8) is 0 Å². The summed E-state index contributed by atoms with van der Waals surface area (Å²) in [5.41, 5.74) is 3.36. The van der Waals surface area contributed by atoms with E-state index in [0.717, 1.165) is 16.9 Å². The number of nitrogens with zero attached hydrogens (tertiary/aromatic N) is 4. The van der Waals surface area contributed by atoms with Crippen molar-refractivity contribution in [1.82, 2.24) is 5.32 Å². The summed E-state index contributed by atoms with van der Waals surface area (Å²) in [7, 11) is 0. The molecule has 0 atom stereocenters. The van der Waals surface area contributed by atoms with E-state index in [0.29, 0.717) is 6.61 Å². The van der Waals surface area contributed by atoms with Gasteiger partial charge in [-0.25, -0.2) is 4.79 Å². The number of amides is 2. The highest BCUT2D eigenvalue weighted by Crippen LogP contribution is 2.15. The van der Waals surface area contributed by atoms with Gasteiger partial charge in [0, 0.05) is 0 Å². The number of nitrogens with one attached hydrogen (secondary N) is 1. The first-order valence-corrected chi connectivity index (χ1v) is 7.91. The predicted molar refractivity (Wildman–Crippen MR) is 99.5 cm³/mol. The number of aryl methyl sites for hydroxylation is 1. The molecule has 0 unspecified atom stereocenters. The molecule has 0 radical (unpaired) electrons. The maximum Gasteiger partial charge on any atom is 0.365 e. The molecule has 0 saturated heterocycles. The standard InChI is InChI=1S/C19H17N5O2/c1-13-5-3-7-16(9-13)12-26-17-8-4-6-15(10-17)11-20-23-18-14(2)22-24-19(25)21-18/h3-11H,2,12H2,1H3,(H,21,23,25)/b20-11+. The smallest absolute Gasteiger partial charge is 0.365 e. The molecule has 7 nitrogen and oxygen atoms in total. The fourth-order valence-electron chi connectivity index (χ4n) is 2.24. The largest absolute Gasteiger partial charge is 0.489 e. The van der Waals surface area contributed by atoms with Crippen LogP contribution in [-0.2, 0) is 6.61 Å². The first-order chi connectivity index (χ1) is 12.6. The van der Waals surface area contributed by atoms with Gasteiger partial charge in [0.2, 0.25) is 0 Å². The zero-order chi connectivity index (χ0) is 18.4. The number of hydrogen-bond donors (Lipinski definition) is 1. The first kappa shape index (κ1) is 17.2. The number of azo groups is 1. The summed E-state index contributed by atoms with van der Waals surface area (Å²) in [4.78, 5) is 11.1. The van der Waals surface area contributed by atoms with Gasteiger partial charge in [-0.1, -0.05) is 53.7 Å². The van der Waals surface area contributed by atoms with E-state index in [2.05, 4.69) is 38.4 Å². The van der Waals surface area contributed by atoms with Crippen molar-refractivity contribution in [1.29, 1.82) is 0 Å². The van der Waals surface area contributed by atoms with Gasteiger partial charge in [-0.3, -0.25) is 5.32 Å². The fourth-order valence-corrected chi connectivity index (χ4v) is 2.24. The second-order valence-electron chi connectivity index (χ2n) is 5.62. The summed E-state index contributed by atoms with van der Waals surface area (Å²) in [6.45, 7) is 6.17. The third kappa shape index (κ3) is 4.70. The van der Waals surface area contributed by atoms with Crippen molar-refractivity contribution < 1.29 is 9.53 Å². The van der Waals surface area contributed by atoms with Gasteiger partial charge < -0.3 is 4.74 Å². The van der Waals surface area contributed by atoms with E-state index < -0.39 is 6.03 Å². The Morgan fingerprint density at radius 2 is 2.04 bits per heavy atom. The molecule has 7 heteroatoms. The Labute approximate surface area is 150 Å². The molecule has 2 amide bonds. The molecule has 2 aromatic carbocycles. The summed E-state index contributed by atoms with van der Waals surface area (Å²) in [6.07, 6.45) is 1.55. The van der Waals surface area contributed by atoms with Crippen LogP contribution in [0.5, 0.6) is 5.75 Å². The second-order valence-corrected chi connectivity index (χ2v) is 5.62. The van der Waals surface area contributed by atoms with Gasteiger partial charge in [0.25, 0.3) is 0 Å². The van der Waals surface area contributed by atoms with Gasteiger partial charge in [0.05, 0.1) is 6.21 Å². The Balaban J connectivity index is 1.64. The van der Waals surface area contributed by atoms with E-state index >= 15 is 0 Å². The molecular formula is C19H17N5O2. The minimum absolute atomic E-state index is 0.174. The summed E-state index contributed by atoms with van der Waals surface area (Å²) >= 11 is 0. The lowest BCUT2D eigenvalue weighted by molar-refractivity contribution is 0.251. The highest BCUT2D eigenvalue weighted by molar-refractivity contribution is 6.08. The van der Waals surface area contributed by atoms with E-state index in [4.69, 9.17) is 4.74 Å². The van der Waals surface area contributed by atoms with Crippen LogP contribution in [0.2, 0.25) is 0 Å². The van der Waals surface area contributed by atoms with E-state index in [1.54, 1.807) is 6.21 Å². The summed E-state index contributed by atoms with van der Waals surface area (Å²) in [5, 5.41) is 17.2. The SMILES string of the molecule is C=C1N=NC(=O)N/C1=N/N=C/c1cccc(OCc2cccc(C)c2)c1. The van der Waals surface area contributed by atoms with Crippen LogP contribution in [0, 0.1) is 6.92 Å². The van der Waals surface area contributed by atoms with Gasteiger partial charge in [-0.15, -0.1) is 10.2 Å². The molecule has 0 bridgehead atoms. The summed E-state index contributed by atoms with van der Waals surface area (Å²) < 4.78 is 5.82. The molecule has 0 aromatic heterocycles. The van der Waals surface area contributed by atoms with Crippen molar-refractivity contribution in [2.45, 2.75) is 13.5 Å². The van der Waals surface area contributed by atoms with Crippen LogP contribution in [0.3, 0.4) is 0 Å². The van der Waals surface area contributed by atoms with Crippen molar-refractivity contribution in [2.75, 3.05) is 0 Å². The molecule has 2 aromatic rings. The summed E-state index contributed by atoms with van der Waals surface area (Å²) in [5.74, 6) is 0.903. The monoisotopic (exact) mass is 347 g/mol. The average Bonchev–Trinajstić information content (AvgIpc) is 2.63. The Kier molecular flexibility index (Phi) is 5.28. The highest BCUT2D eigenvalue weighted by Gasteiger charge is 2.13. The fraction of sp³-hybridized carbons (Fsp3) is 0.105. The molecule has 3 rings (SSSR count). The lowest BCUT2D eigenvalue weighted by Crippen LogP contribution is -2.31. The zero-order valence-corrected chi connectivity index (χ0v) is 14.2. The predicted octanol–water partition coefficient (Wildman–Crippen LogP) is 4.00. The number of urea groups is 1. The van der Waals surface area contributed by atoms with Crippen LogP contribution in [0.15, 0.2) is 81.2 Å². The number of rotatable bonds is 5. The quantitative estimate of drug-likeness (QED) is 0.654. The van der Waals surface area contributed by atoms with E-state index in [1.807, 2.05) is 49.4 Å². The second kappa shape index (κ2) is 7.98. The van der Waals surface area contributed by atoms with Gasteiger partial charge in [-0.2, -0.15) is 5.10 Å². The Morgan fingerprint density at radius 3 is 2.88 bits per heavy atom. The number of carbonyl (C=O) groups excluding carboxylic acids is 1. The maximum atomic E-state index is 11.1. The van der Waals surface area contributed by atoms with Gasteiger partial charge in [0.1, 0.15) is 18.1 Å². The average molecular weight is 347 g/mol. The number of amidine groups is 1. The molecule has 1 N–H and O–H groups in total. The Morgan fingerprint density at radius 1 is 1.19 bits per heavy atom. The lowest BCUT2D eigenvalue weighted by Gasteiger charge is -2.08. The molecular weight excluding hydrogens is 330 g/mol.